The molecule has 1 aromatic carbocycles. The second kappa shape index (κ2) is 7.65. The van der Waals surface area contributed by atoms with Gasteiger partial charge in [-0.3, -0.25) is 0 Å². The van der Waals surface area contributed by atoms with Crippen molar-refractivity contribution in [1.82, 2.24) is 0 Å². The second-order valence-electron chi connectivity index (χ2n) is 5.02. The van der Waals surface area contributed by atoms with Gasteiger partial charge in [-0.25, -0.2) is 0 Å². The lowest BCUT2D eigenvalue weighted by molar-refractivity contribution is 1.02. The maximum absolute atomic E-state index is 9.32. The first kappa shape index (κ1) is 16.1. The molecule has 0 amide bonds. The number of thiophene rings is 2. The van der Waals surface area contributed by atoms with Gasteiger partial charge in [0.25, 0.3) is 0 Å². The zero-order valence-corrected chi connectivity index (χ0v) is 14.3. The summed E-state index contributed by atoms with van der Waals surface area (Å²) in [5.41, 5.74) is 1.73. The number of hydrogen-bond acceptors (Lipinski definition) is 6. The van der Waals surface area contributed by atoms with Crippen molar-refractivity contribution in [3.05, 3.63) is 69.0 Å². The second-order valence-corrected chi connectivity index (χ2v) is 6.98. The van der Waals surface area contributed by atoms with E-state index >= 15 is 0 Å². The standard InChI is InChI=1S/C18H14N4S2/c19-11-15(17-3-1-9-23-17)21-13-5-7-14(8-6-13)22-16(12-20)18-4-2-10-24-18/h1-10,15-16,21-22H/t15-,16+. The van der Waals surface area contributed by atoms with Crippen molar-refractivity contribution in [2.45, 2.75) is 12.1 Å². The van der Waals surface area contributed by atoms with Gasteiger partial charge in [-0.2, -0.15) is 10.5 Å². The van der Waals surface area contributed by atoms with E-state index in [0.29, 0.717) is 0 Å². The van der Waals surface area contributed by atoms with E-state index in [1.807, 2.05) is 59.3 Å². The number of nitrogens with zero attached hydrogens (tertiary/aromatic N) is 2. The zero-order chi connectivity index (χ0) is 16.8. The molecule has 0 fully saturated rings. The molecule has 0 saturated heterocycles. The molecule has 0 saturated carbocycles. The maximum atomic E-state index is 9.32. The van der Waals surface area contributed by atoms with Crippen LogP contribution >= 0.6 is 22.7 Å². The van der Waals surface area contributed by atoms with Gasteiger partial charge in [-0.15, -0.1) is 22.7 Å². The smallest absolute Gasteiger partial charge is 0.149 e. The molecule has 0 radical (unpaired) electrons. The minimum Gasteiger partial charge on any atom is -0.366 e. The van der Waals surface area contributed by atoms with Crippen LogP contribution in [0.4, 0.5) is 11.4 Å². The number of benzene rings is 1. The van der Waals surface area contributed by atoms with E-state index in [4.69, 9.17) is 0 Å². The molecule has 6 heteroatoms. The summed E-state index contributed by atoms with van der Waals surface area (Å²) in [4.78, 5) is 1.98. The molecule has 118 valence electrons. The largest absolute Gasteiger partial charge is 0.366 e. The van der Waals surface area contributed by atoms with Gasteiger partial charge < -0.3 is 10.6 Å². The number of nitrogens with one attached hydrogen (secondary N) is 2. The fourth-order valence-electron chi connectivity index (χ4n) is 2.24. The zero-order valence-electron chi connectivity index (χ0n) is 12.6. The first-order chi connectivity index (χ1) is 11.8. The Morgan fingerprint density at radius 1 is 0.708 bits per heavy atom. The molecule has 2 heterocycles. The van der Waals surface area contributed by atoms with E-state index in [2.05, 4.69) is 22.8 Å². The van der Waals surface area contributed by atoms with Crippen molar-refractivity contribution in [3.63, 3.8) is 0 Å². The fourth-order valence-corrected chi connectivity index (χ4v) is 3.68. The van der Waals surface area contributed by atoms with Crippen LogP contribution in [0.3, 0.4) is 0 Å². The molecule has 0 bridgehead atoms. The van der Waals surface area contributed by atoms with Crippen molar-refractivity contribution in [2.75, 3.05) is 10.6 Å². The average molecular weight is 350 g/mol. The van der Waals surface area contributed by atoms with Crippen molar-refractivity contribution < 1.29 is 0 Å². The number of anilines is 2. The summed E-state index contributed by atoms with van der Waals surface area (Å²) in [7, 11) is 0. The lowest BCUT2D eigenvalue weighted by Gasteiger charge is -2.14. The van der Waals surface area contributed by atoms with Gasteiger partial charge in [-0.05, 0) is 47.2 Å². The molecule has 4 nitrogen and oxygen atoms in total. The predicted molar refractivity (Wildman–Crippen MR) is 99.0 cm³/mol. The highest BCUT2D eigenvalue weighted by molar-refractivity contribution is 7.10. The topological polar surface area (TPSA) is 71.6 Å². The minimum absolute atomic E-state index is 0.359. The maximum Gasteiger partial charge on any atom is 0.149 e. The van der Waals surface area contributed by atoms with Crippen LogP contribution in [0, 0.1) is 22.7 Å². The van der Waals surface area contributed by atoms with Crippen LogP contribution in [0.15, 0.2) is 59.3 Å². The van der Waals surface area contributed by atoms with Crippen LogP contribution in [-0.4, -0.2) is 0 Å². The Hall–Kier alpha value is -2.80. The van der Waals surface area contributed by atoms with E-state index < -0.39 is 0 Å². The summed E-state index contributed by atoms with van der Waals surface area (Å²) in [6.07, 6.45) is 0. The highest BCUT2D eigenvalue weighted by Crippen LogP contribution is 2.26. The van der Waals surface area contributed by atoms with Gasteiger partial charge in [0, 0.05) is 21.1 Å². The SMILES string of the molecule is N#C[C@H](Nc1ccc(N[C@H](C#N)c2cccs2)cc1)c1cccs1. The first-order valence-corrected chi connectivity index (χ1v) is 9.05. The molecule has 0 aliphatic carbocycles. The third-order valence-corrected chi connectivity index (χ3v) is 5.29. The average Bonchev–Trinajstić information content (AvgIpc) is 3.32. The van der Waals surface area contributed by atoms with E-state index in [1.54, 1.807) is 22.7 Å². The first-order valence-electron chi connectivity index (χ1n) is 7.29. The molecule has 3 aromatic rings. The van der Waals surface area contributed by atoms with Gasteiger partial charge >= 0.3 is 0 Å². The molecule has 3 rings (SSSR count). The molecule has 0 unspecified atom stereocenters. The lowest BCUT2D eigenvalue weighted by Crippen LogP contribution is -2.08. The summed E-state index contributed by atoms with van der Waals surface area (Å²) >= 11 is 3.11. The van der Waals surface area contributed by atoms with Gasteiger partial charge in [0.1, 0.15) is 12.1 Å². The Bertz CT molecular complexity index is 767. The van der Waals surface area contributed by atoms with E-state index in [1.165, 1.54) is 0 Å². The summed E-state index contributed by atoms with van der Waals surface area (Å²) < 4.78 is 0. The molecule has 0 aliphatic rings. The van der Waals surface area contributed by atoms with Gasteiger partial charge in [0.15, 0.2) is 0 Å². The van der Waals surface area contributed by atoms with Gasteiger partial charge in [0.2, 0.25) is 0 Å². The minimum atomic E-state index is -0.359. The molecule has 2 atom stereocenters. The molecule has 24 heavy (non-hydrogen) atoms. The number of nitriles is 2. The van der Waals surface area contributed by atoms with Crippen molar-refractivity contribution in [1.29, 1.82) is 10.5 Å². The lowest BCUT2D eigenvalue weighted by atomic mass is 10.2. The fraction of sp³-hybridized carbons (Fsp3) is 0.111. The Kier molecular flexibility index (Phi) is 5.12. The summed E-state index contributed by atoms with van der Waals surface area (Å²) in [6, 6.07) is 19.2. The summed E-state index contributed by atoms with van der Waals surface area (Å²) in [6.45, 7) is 0. The third-order valence-electron chi connectivity index (χ3n) is 3.42. The van der Waals surface area contributed by atoms with Crippen LogP contribution < -0.4 is 10.6 Å². The quantitative estimate of drug-likeness (QED) is 0.644. The molecular formula is C18H14N4S2. The third kappa shape index (κ3) is 3.75. The Labute approximate surface area is 148 Å². The van der Waals surface area contributed by atoms with E-state index in [-0.39, 0.29) is 12.1 Å². The van der Waals surface area contributed by atoms with Crippen LogP contribution in [0.2, 0.25) is 0 Å². The monoisotopic (exact) mass is 350 g/mol. The Morgan fingerprint density at radius 3 is 1.42 bits per heavy atom. The predicted octanol–water partition coefficient (Wildman–Crippen LogP) is 5.16. The molecule has 0 aliphatic heterocycles. The highest BCUT2D eigenvalue weighted by atomic mass is 32.1. The Morgan fingerprint density at radius 2 is 1.12 bits per heavy atom. The van der Waals surface area contributed by atoms with E-state index in [0.717, 1.165) is 21.1 Å². The van der Waals surface area contributed by atoms with Gasteiger partial charge in [-0.1, -0.05) is 12.1 Å². The van der Waals surface area contributed by atoms with Crippen molar-refractivity contribution in [2.24, 2.45) is 0 Å². The number of rotatable bonds is 6. The summed E-state index contributed by atoms with van der Waals surface area (Å²) in [5, 5.41) is 29.0. The summed E-state index contributed by atoms with van der Waals surface area (Å²) in [5.74, 6) is 0. The van der Waals surface area contributed by atoms with Crippen molar-refractivity contribution >= 4 is 34.0 Å². The van der Waals surface area contributed by atoms with Crippen LogP contribution in [0.5, 0.6) is 0 Å². The van der Waals surface area contributed by atoms with Crippen molar-refractivity contribution in [3.8, 4) is 12.1 Å². The van der Waals surface area contributed by atoms with Gasteiger partial charge in [0.05, 0.1) is 12.1 Å². The van der Waals surface area contributed by atoms with Crippen LogP contribution in [-0.2, 0) is 0 Å². The van der Waals surface area contributed by atoms with E-state index in [9.17, 15) is 10.5 Å². The normalized spacial score (nSPS) is 12.6. The number of hydrogen-bond donors (Lipinski definition) is 2. The van der Waals surface area contributed by atoms with Crippen LogP contribution in [0.25, 0.3) is 0 Å². The molecular weight excluding hydrogens is 336 g/mol. The molecule has 2 N–H and O–H groups in total. The highest BCUT2D eigenvalue weighted by Gasteiger charge is 2.13. The molecule has 0 spiro atoms. The van der Waals surface area contributed by atoms with Crippen LogP contribution in [0.1, 0.15) is 21.8 Å². The Balaban J connectivity index is 1.67. The molecule has 2 aromatic heterocycles.